The van der Waals surface area contributed by atoms with Gasteiger partial charge in [0.25, 0.3) is 0 Å². The van der Waals surface area contributed by atoms with Crippen LogP contribution in [0, 0.1) is 11.3 Å². The fourth-order valence-corrected chi connectivity index (χ4v) is 1.70. The zero-order chi connectivity index (χ0) is 13.8. The van der Waals surface area contributed by atoms with Gasteiger partial charge in [-0.3, -0.25) is 16.3 Å². The van der Waals surface area contributed by atoms with Crippen LogP contribution in [0.2, 0.25) is 0 Å². The van der Waals surface area contributed by atoms with Crippen LogP contribution in [0.1, 0.15) is 45.9 Å². The average molecular weight is 252 g/mol. The summed E-state index contributed by atoms with van der Waals surface area (Å²) < 4.78 is 5.23. The van der Waals surface area contributed by atoms with Gasteiger partial charge in [0.15, 0.2) is 0 Å². The Labute approximate surface area is 109 Å². The Morgan fingerprint density at radius 3 is 2.44 bits per heavy atom. The van der Waals surface area contributed by atoms with Crippen LogP contribution < -0.4 is 16.0 Å². The van der Waals surface area contributed by atoms with Crippen molar-refractivity contribution in [2.24, 2.45) is 17.2 Å². The molecule has 1 heterocycles. The van der Waals surface area contributed by atoms with Gasteiger partial charge < -0.3 is 4.74 Å². The van der Waals surface area contributed by atoms with Crippen molar-refractivity contribution >= 4 is 0 Å². The predicted molar refractivity (Wildman–Crippen MR) is 71.9 cm³/mol. The number of aromatic nitrogens is 2. The van der Waals surface area contributed by atoms with Crippen LogP contribution in [0.15, 0.2) is 12.4 Å². The van der Waals surface area contributed by atoms with E-state index in [1.807, 2.05) is 0 Å². The van der Waals surface area contributed by atoms with Crippen LogP contribution in [-0.4, -0.2) is 17.1 Å². The molecule has 5 heteroatoms. The second kappa shape index (κ2) is 6.11. The van der Waals surface area contributed by atoms with E-state index < -0.39 is 0 Å². The van der Waals surface area contributed by atoms with E-state index in [1.54, 1.807) is 19.5 Å². The van der Waals surface area contributed by atoms with Crippen LogP contribution in [-0.2, 0) is 0 Å². The molecule has 1 aromatic heterocycles. The van der Waals surface area contributed by atoms with Crippen molar-refractivity contribution in [1.82, 2.24) is 15.4 Å². The topological polar surface area (TPSA) is 73.1 Å². The van der Waals surface area contributed by atoms with E-state index in [-0.39, 0.29) is 11.5 Å². The van der Waals surface area contributed by atoms with Crippen molar-refractivity contribution < 1.29 is 4.74 Å². The molecule has 0 aromatic carbocycles. The summed E-state index contributed by atoms with van der Waals surface area (Å²) in [6, 6.07) is -0.0529. The summed E-state index contributed by atoms with van der Waals surface area (Å²) in [5, 5.41) is 0. The van der Waals surface area contributed by atoms with E-state index in [1.165, 1.54) is 0 Å². The Balaban J connectivity index is 2.90. The summed E-state index contributed by atoms with van der Waals surface area (Å²) in [4.78, 5) is 8.48. The van der Waals surface area contributed by atoms with Gasteiger partial charge in [0.1, 0.15) is 5.69 Å². The number of hydrogen-bond acceptors (Lipinski definition) is 5. The molecule has 5 nitrogen and oxygen atoms in total. The predicted octanol–water partition coefficient (Wildman–Crippen LogP) is 2.06. The molecule has 0 saturated carbocycles. The van der Waals surface area contributed by atoms with Gasteiger partial charge in [0.05, 0.1) is 13.2 Å². The standard InChI is InChI=1S/C13H24N4O/c1-9(13(2,3)4)8-10(17-14)11-12(18-5)16-7-6-15-11/h6-7,9-10,17H,8,14H2,1-5H3. The highest BCUT2D eigenvalue weighted by Gasteiger charge is 2.26. The molecule has 0 bridgehead atoms. The van der Waals surface area contributed by atoms with Gasteiger partial charge in [0, 0.05) is 12.4 Å². The molecule has 1 aromatic rings. The largest absolute Gasteiger partial charge is 0.480 e. The van der Waals surface area contributed by atoms with E-state index in [0.717, 1.165) is 12.1 Å². The molecule has 0 radical (unpaired) electrons. The molecule has 2 atom stereocenters. The van der Waals surface area contributed by atoms with Crippen molar-refractivity contribution in [3.8, 4) is 5.88 Å². The third-order valence-corrected chi connectivity index (χ3v) is 3.48. The second-order valence-corrected chi connectivity index (χ2v) is 5.67. The monoisotopic (exact) mass is 252 g/mol. The number of ether oxygens (including phenoxy) is 1. The van der Waals surface area contributed by atoms with Crippen LogP contribution in [0.3, 0.4) is 0 Å². The lowest BCUT2D eigenvalue weighted by atomic mass is 9.78. The first-order valence-corrected chi connectivity index (χ1v) is 6.21. The number of hydrazine groups is 1. The average Bonchev–Trinajstić information content (AvgIpc) is 2.34. The molecule has 0 amide bonds. The van der Waals surface area contributed by atoms with Crippen molar-refractivity contribution in [2.45, 2.75) is 40.2 Å². The number of hydrogen-bond donors (Lipinski definition) is 2. The smallest absolute Gasteiger partial charge is 0.237 e. The quantitative estimate of drug-likeness (QED) is 0.620. The van der Waals surface area contributed by atoms with Gasteiger partial charge in [-0.2, -0.15) is 0 Å². The molecular formula is C13H24N4O. The van der Waals surface area contributed by atoms with Crippen LogP contribution in [0.4, 0.5) is 0 Å². The molecular weight excluding hydrogens is 228 g/mol. The highest BCUT2D eigenvalue weighted by molar-refractivity contribution is 5.21. The summed E-state index contributed by atoms with van der Waals surface area (Å²) in [5.74, 6) is 6.67. The first-order chi connectivity index (χ1) is 8.40. The van der Waals surface area contributed by atoms with Crippen molar-refractivity contribution in [3.05, 3.63) is 18.1 Å². The minimum Gasteiger partial charge on any atom is -0.480 e. The minimum absolute atomic E-state index is 0.0529. The molecule has 102 valence electrons. The van der Waals surface area contributed by atoms with Crippen LogP contribution in [0.25, 0.3) is 0 Å². The first kappa shape index (κ1) is 14.9. The maximum Gasteiger partial charge on any atom is 0.237 e. The van der Waals surface area contributed by atoms with E-state index in [4.69, 9.17) is 10.6 Å². The summed E-state index contributed by atoms with van der Waals surface area (Å²) in [5.41, 5.74) is 3.80. The van der Waals surface area contributed by atoms with Crippen LogP contribution >= 0.6 is 0 Å². The van der Waals surface area contributed by atoms with Gasteiger partial charge in [-0.15, -0.1) is 0 Å². The fraction of sp³-hybridized carbons (Fsp3) is 0.692. The van der Waals surface area contributed by atoms with Crippen molar-refractivity contribution in [3.63, 3.8) is 0 Å². The molecule has 0 aliphatic rings. The summed E-state index contributed by atoms with van der Waals surface area (Å²) in [6.45, 7) is 8.88. The SMILES string of the molecule is COc1nccnc1C(CC(C)C(C)(C)C)NN. The Bertz CT molecular complexity index is 375. The molecule has 18 heavy (non-hydrogen) atoms. The number of methoxy groups -OCH3 is 1. The fourth-order valence-electron chi connectivity index (χ4n) is 1.70. The zero-order valence-corrected chi connectivity index (χ0v) is 11.9. The third-order valence-electron chi connectivity index (χ3n) is 3.48. The summed E-state index contributed by atoms with van der Waals surface area (Å²) >= 11 is 0. The molecule has 0 aliphatic carbocycles. The Morgan fingerprint density at radius 1 is 1.33 bits per heavy atom. The number of nitrogens with zero attached hydrogens (tertiary/aromatic N) is 2. The van der Waals surface area contributed by atoms with Crippen molar-refractivity contribution in [1.29, 1.82) is 0 Å². The molecule has 2 unspecified atom stereocenters. The molecule has 3 N–H and O–H groups in total. The normalized spacial score (nSPS) is 15.2. The first-order valence-electron chi connectivity index (χ1n) is 6.21. The maximum absolute atomic E-state index is 5.65. The van der Waals surface area contributed by atoms with Gasteiger partial charge in [-0.1, -0.05) is 27.7 Å². The summed E-state index contributed by atoms with van der Waals surface area (Å²) in [6.07, 6.45) is 4.15. The van der Waals surface area contributed by atoms with Gasteiger partial charge >= 0.3 is 0 Å². The third kappa shape index (κ3) is 3.65. The molecule has 0 fully saturated rings. The maximum atomic E-state index is 5.65. The molecule has 0 aliphatic heterocycles. The molecule has 0 saturated heterocycles. The Hall–Kier alpha value is -1.20. The van der Waals surface area contributed by atoms with Gasteiger partial charge in [-0.25, -0.2) is 4.98 Å². The molecule has 0 spiro atoms. The second-order valence-electron chi connectivity index (χ2n) is 5.67. The van der Waals surface area contributed by atoms with Crippen LogP contribution in [0.5, 0.6) is 5.88 Å². The Morgan fingerprint density at radius 2 is 1.94 bits per heavy atom. The van der Waals surface area contributed by atoms with E-state index in [2.05, 4.69) is 43.1 Å². The van der Waals surface area contributed by atoms with Gasteiger partial charge in [-0.05, 0) is 17.8 Å². The lowest BCUT2D eigenvalue weighted by Gasteiger charge is -2.30. The minimum atomic E-state index is -0.0529. The summed E-state index contributed by atoms with van der Waals surface area (Å²) in [7, 11) is 1.59. The van der Waals surface area contributed by atoms with E-state index in [9.17, 15) is 0 Å². The zero-order valence-electron chi connectivity index (χ0n) is 11.9. The van der Waals surface area contributed by atoms with E-state index in [0.29, 0.717) is 11.8 Å². The lowest BCUT2D eigenvalue weighted by molar-refractivity contribution is 0.220. The van der Waals surface area contributed by atoms with Gasteiger partial charge in [0.2, 0.25) is 5.88 Å². The van der Waals surface area contributed by atoms with Crippen molar-refractivity contribution in [2.75, 3.05) is 7.11 Å². The highest BCUT2D eigenvalue weighted by atomic mass is 16.5. The highest BCUT2D eigenvalue weighted by Crippen LogP contribution is 2.34. The number of nitrogens with one attached hydrogen (secondary N) is 1. The molecule has 1 rings (SSSR count). The van der Waals surface area contributed by atoms with E-state index >= 15 is 0 Å². The lowest BCUT2D eigenvalue weighted by Crippen LogP contribution is -2.32. The number of nitrogens with two attached hydrogens (primary N) is 1. The number of rotatable bonds is 5. The Kier molecular flexibility index (Phi) is 5.04.